The largest absolute Gasteiger partial charge is 0.310 e. The van der Waals surface area contributed by atoms with Crippen molar-refractivity contribution in [1.29, 1.82) is 0 Å². The minimum absolute atomic E-state index is 0.0792. The monoisotopic (exact) mass is 285 g/mol. The van der Waals surface area contributed by atoms with Gasteiger partial charge in [-0.2, -0.15) is 0 Å². The van der Waals surface area contributed by atoms with E-state index >= 15 is 0 Å². The Morgan fingerprint density at radius 1 is 1.16 bits per heavy atom. The van der Waals surface area contributed by atoms with E-state index in [9.17, 15) is 4.39 Å². The molecule has 1 rings (SSSR count). The zero-order valence-corrected chi connectivity index (χ0v) is 12.8. The Kier molecular flexibility index (Phi) is 8.08. The average molecular weight is 286 g/mol. The van der Waals surface area contributed by atoms with Gasteiger partial charge in [0.2, 0.25) is 0 Å². The van der Waals surface area contributed by atoms with Gasteiger partial charge in [-0.3, -0.25) is 0 Å². The number of hydrogen-bond acceptors (Lipinski definition) is 1. The van der Waals surface area contributed by atoms with E-state index < -0.39 is 0 Å². The SMILES string of the molecule is CCCCCCC(NCCC)c1cc(Cl)ccc1F. The van der Waals surface area contributed by atoms with Gasteiger partial charge in [0.1, 0.15) is 5.82 Å². The molecule has 0 heterocycles. The van der Waals surface area contributed by atoms with Crippen LogP contribution in [0.15, 0.2) is 18.2 Å². The van der Waals surface area contributed by atoms with Crippen molar-refractivity contribution in [2.75, 3.05) is 6.54 Å². The van der Waals surface area contributed by atoms with Crippen molar-refractivity contribution in [1.82, 2.24) is 5.32 Å². The second-order valence-corrected chi connectivity index (χ2v) is 5.46. The molecule has 1 unspecified atom stereocenters. The van der Waals surface area contributed by atoms with Crippen molar-refractivity contribution in [3.05, 3.63) is 34.6 Å². The van der Waals surface area contributed by atoms with Gasteiger partial charge in [-0.05, 0) is 37.6 Å². The van der Waals surface area contributed by atoms with E-state index in [-0.39, 0.29) is 11.9 Å². The Hall–Kier alpha value is -0.600. The number of benzene rings is 1. The third-order valence-corrected chi connectivity index (χ3v) is 3.56. The minimum atomic E-state index is -0.159. The third kappa shape index (κ3) is 5.92. The fraction of sp³-hybridized carbons (Fsp3) is 0.625. The molecule has 19 heavy (non-hydrogen) atoms. The van der Waals surface area contributed by atoms with Crippen LogP contribution in [0.5, 0.6) is 0 Å². The van der Waals surface area contributed by atoms with Gasteiger partial charge in [-0.15, -0.1) is 0 Å². The highest BCUT2D eigenvalue weighted by molar-refractivity contribution is 6.30. The summed E-state index contributed by atoms with van der Waals surface area (Å²) < 4.78 is 13.9. The number of hydrogen-bond donors (Lipinski definition) is 1. The van der Waals surface area contributed by atoms with E-state index in [1.807, 2.05) is 0 Å². The highest BCUT2D eigenvalue weighted by Gasteiger charge is 2.15. The molecule has 1 atom stereocenters. The summed E-state index contributed by atoms with van der Waals surface area (Å²) in [7, 11) is 0. The summed E-state index contributed by atoms with van der Waals surface area (Å²) in [6.45, 7) is 5.23. The fourth-order valence-electron chi connectivity index (χ4n) is 2.24. The Labute approximate surface area is 121 Å². The lowest BCUT2D eigenvalue weighted by Gasteiger charge is -2.20. The summed E-state index contributed by atoms with van der Waals surface area (Å²) in [5.74, 6) is -0.159. The zero-order valence-electron chi connectivity index (χ0n) is 12.0. The van der Waals surface area contributed by atoms with Crippen molar-refractivity contribution in [3.8, 4) is 0 Å². The molecule has 0 amide bonds. The molecular formula is C16H25ClFN. The minimum Gasteiger partial charge on any atom is -0.310 e. The molecule has 0 saturated carbocycles. The van der Waals surface area contributed by atoms with E-state index in [1.165, 1.54) is 25.3 Å². The summed E-state index contributed by atoms with van der Waals surface area (Å²) in [5.41, 5.74) is 0.706. The van der Waals surface area contributed by atoms with E-state index in [0.717, 1.165) is 25.8 Å². The standard InChI is InChI=1S/C16H25ClFN/c1-3-5-6-7-8-16(19-11-4-2)14-12-13(17)9-10-15(14)18/h9-10,12,16,19H,3-8,11H2,1-2H3. The molecule has 0 aliphatic rings. The molecule has 0 aliphatic heterocycles. The molecule has 3 heteroatoms. The van der Waals surface area contributed by atoms with Crippen LogP contribution in [0, 0.1) is 5.82 Å². The predicted molar refractivity (Wildman–Crippen MR) is 81.2 cm³/mol. The normalized spacial score (nSPS) is 12.6. The summed E-state index contributed by atoms with van der Waals surface area (Å²) in [5, 5.41) is 4.04. The molecule has 0 saturated heterocycles. The van der Waals surface area contributed by atoms with Gasteiger partial charge in [-0.1, -0.05) is 51.1 Å². The van der Waals surface area contributed by atoms with Gasteiger partial charge in [0.25, 0.3) is 0 Å². The van der Waals surface area contributed by atoms with Crippen LogP contribution in [-0.4, -0.2) is 6.54 Å². The van der Waals surface area contributed by atoms with Crippen LogP contribution < -0.4 is 5.32 Å². The average Bonchev–Trinajstić information content (AvgIpc) is 2.41. The van der Waals surface area contributed by atoms with E-state index in [0.29, 0.717) is 10.6 Å². The van der Waals surface area contributed by atoms with Crippen molar-refractivity contribution in [2.24, 2.45) is 0 Å². The Bertz CT molecular complexity index is 368. The first-order valence-electron chi connectivity index (χ1n) is 7.37. The van der Waals surface area contributed by atoms with Crippen LogP contribution in [-0.2, 0) is 0 Å². The van der Waals surface area contributed by atoms with Crippen molar-refractivity contribution >= 4 is 11.6 Å². The lowest BCUT2D eigenvalue weighted by Crippen LogP contribution is -2.23. The fourth-order valence-corrected chi connectivity index (χ4v) is 2.42. The summed E-state index contributed by atoms with van der Waals surface area (Å²) in [6, 6.07) is 4.90. The molecule has 0 spiro atoms. The molecule has 1 N–H and O–H groups in total. The number of halogens is 2. The van der Waals surface area contributed by atoms with Crippen molar-refractivity contribution in [2.45, 2.75) is 58.4 Å². The van der Waals surface area contributed by atoms with Crippen LogP contribution in [0.2, 0.25) is 5.02 Å². The number of rotatable bonds is 9. The second-order valence-electron chi connectivity index (χ2n) is 5.02. The highest BCUT2D eigenvalue weighted by Crippen LogP contribution is 2.25. The maximum Gasteiger partial charge on any atom is 0.128 e. The number of unbranched alkanes of at least 4 members (excludes halogenated alkanes) is 3. The van der Waals surface area contributed by atoms with Crippen molar-refractivity contribution < 1.29 is 4.39 Å². The maximum absolute atomic E-state index is 13.9. The van der Waals surface area contributed by atoms with Crippen LogP contribution in [0.3, 0.4) is 0 Å². The topological polar surface area (TPSA) is 12.0 Å². The van der Waals surface area contributed by atoms with Gasteiger partial charge in [-0.25, -0.2) is 4.39 Å². The summed E-state index contributed by atoms with van der Waals surface area (Å²) >= 11 is 5.98. The molecule has 1 aromatic rings. The molecule has 1 nitrogen and oxygen atoms in total. The van der Waals surface area contributed by atoms with Crippen LogP contribution in [0.4, 0.5) is 4.39 Å². The smallest absolute Gasteiger partial charge is 0.128 e. The Balaban J connectivity index is 2.68. The molecule has 108 valence electrons. The molecule has 0 fully saturated rings. The zero-order chi connectivity index (χ0) is 14.1. The molecule has 0 aromatic heterocycles. The molecule has 0 radical (unpaired) electrons. The van der Waals surface area contributed by atoms with Gasteiger partial charge >= 0.3 is 0 Å². The molecular weight excluding hydrogens is 261 g/mol. The molecule has 0 bridgehead atoms. The predicted octanol–water partition coefficient (Wildman–Crippen LogP) is 5.49. The quantitative estimate of drug-likeness (QED) is 0.592. The van der Waals surface area contributed by atoms with Gasteiger partial charge in [0.05, 0.1) is 0 Å². The lowest BCUT2D eigenvalue weighted by atomic mass is 9.99. The Morgan fingerprint density at radius 2 is 1.95 bits per heavy atom. The van der Waals surface area contributed by atoms with E-state index in [1.54, 1.807) is 12.1 Å². The second kappa shape index (κ2) is 9.33. The number of nitrogens with one attached hydrogen (secondary N) is 1. The maximum atomic E-state index is 13.9. The summed E-state index contributed by atoms with van der Waals surface area (Å²) in [6.07, 6.45) is 6.83. The summed E-state index contributed by atoms with van der Waals surface area (Å²) in [4.78, 5) is 0. The molecule has 1 aromatic carbocycles. The van der Waals surface area contributed by atoms with Gasteiger partial charge in [0.15, 0.2) is 0 Å². The van der Waals surface area contributed by atoms with E-state index in [4.69, 9.17) is 11.6 Å². The van der Waals surface area contributed by atoms with Crippen molar-refractivity contribution in [3.63, 3.8) is 0 Å². The van der Waals surface area contributed by atoms with Gasteiger partial charge in [0, 0.05) is 16.6 Å². The van der Waals surface area contributed by atoms with E-state index in [2.05, 4.69) is 19.2 Å². The first-order chi connectivity index (χ1) is 9.19. The van der Waals surface area contributed by atoms with Crippen LogP contribution in [0.1, 0.15) is 64.0 Å². The van der Waals surface area contributed by atoms with Crippen LogP contribution in [0.25, 0.3) is 0 Å². The van der Waals surface area contributed by atoms with Gasteiger partial charge < -0.3 is 5.32 Å². The third-order valence-electron chi connectivity index (χ3n) is 3.32. The Morgan fingerprint density at radius 3 is 2.63 bits per heavy atom. The first-order valence-corrected chi connectivity index (χ1v) is 7.75. The van der Waals surface area contributed by atoms with Crippen LogP contribution >= 0.6 is 11.6 Å². The molecule has 0 aliphatic carbocycles. The first kappa shape index (κ1) is 16.5. The lowest BCUT2D eigenvalue weighted by molar-refractivity contribution is 0.451. The highest BCUT2D eigenvalue weighted by atomic mass is 35.5.